The molecule has 0 aliphatic rings. The number of nitrogens with one attached hydrogen (secondary N) is 2. The molecular formula is C22H18BrN3O5. The Hall–Kier alpha value is -3.72. The molecule has 3 aromatic carbocycles. The first-order chi connectivity index (χ1) is 14.8. The van der Waals surface area contributed by atoms with Crippen LogP contribution in [0.1, 0.15) is 17.3 Å². The highest BCUT2D eigenvalue weighted by Crippen LogP contribution is 2.20. The summed E-state index contributed by atoms with van der Waals surface area (Å²) in [5.74, 6) is -0.322. The van der Waals surface area contributed by atoms with E-state index in [0.717, 1.165) is 4.47 Å². The summed E-state index contributed by atoms with van der Waals surface area (Å²) in [5, 5.41) is 16.3. The summed E-state index contributed by atoms with van der Waals surface area (Å²) < 4.78 is 6.56. The number of hydrogen-bond acceptors (Lipinski definition) is 5. The minimum absolute atomic E-state index is 0.160. The molecule has 158 valence electrons. The SMILES string of the molecule is C[C@H](Oc1ccc(NC(=O)c2cccc([N+](=O)[O-])c2)cc1)C(=O)Nc1ccc(Br)cc1. The van der Waals surface area contributed by atoms with Gasteiger partial charge in [0.25, 0.3) is 17.5 Å². The van der Waals surface area contributed by atoms with E-state index >= 15 is 0 Å². The number of amides is 2. The zero-order valence-corrected chi connectivity index (χ0v) is 18.0. The lowest BCUT2D eigenvalue weighted by molar-refractivity contribution is -0.384. The van der Waals surface area contributed by atoms with Gasteiger partial charge < -0.3 is 15.4 Å². The van der Waals surface area contributed by atoms with E-state index in [4.69, 9.17) is 4.74 Å². The van der Waals surface area contributed by atoms with Gasteiger partial charge in [-0.05, 0) is 61.5 Å². The zero-order chi connectivity index (χ0) is 22.4. The van der Waals surface area contributed by atoms with Crippen molar-refractivity contribution in [2.24, 2.45) is 0 Å². The smallest absolute Gasteiger partial charge is 0.270 e. The molecule has 0 spiro atoms. The standard InChI is InChI=1S/C22H18BrN3O5/c1-14(21(27)24-17-7-5-16(23)6-8-17)31-20-11-9-18(10-12-20)25-22(28)15-3-2-4-19(13-15)26(29)30/h2-14H,1H3,(H,24,27)(H,25,28)/t14-/m0/s1. The molecule has 0 saturated heterocycles. The second-order valence-corrected chi connectivity index (χ2v) is 7.46. The van der Waals surface area contributed by atoms with Crippen LogP contribution < -0.4 is 15.4 Å². The Morgan fingerprint density at radius 2 is 1.58 bits per heavy atom. The Labute approximate surface area is 186 Å². The van der Waals surface area contributed by atoms with Gasteiger partial charge >= 0.3 is 0 Å². The van der Waals surface area contributed by atoms with Crippen LogP contribution in [0.5, 0.6) is 5.75 Å². The average Bonchev–Trinajstić information content (AvgIpc) is 2.76. The van der Waals surface area contributed by atoms with E-state index in [2.05, 4.69) is 26.6 Å². The summed E-state index contributed by atoms with van der Waals surface area (Å²) in [6.45, 7) is 1.63. The molecule has 2 amide bonds. The number of halogens is 1. The van der Waals surface area contributed by atoms with Crippen LogP contribution in [0.3, 0.4) is 0 Å². The van der Waals surface area contributed by atoms with E-state index in [1.54, 1.807) is 43.3 Å². The Balaban J connectivity index is 1.57. The average molecular weight is 484 g/mol. The van der Waals surface area contributed by atoms with Crippen molar-refractivity contribution < 1.29 is 19.2 Å². The largest absolute Gasteiger partial charge is 0.481 e. The van der Waals surface area contributed by atoms with Crippen LogP contribution in [0.4, 0.5) is 17.1 Å². The van der Waals surface area contributed by atoms with Crippen molar-refractivity contribution in [3.8, 4) is 5.75 Å². The summed E-state index contributed by atoms with van der Waals surface area (Å²) in [4.78, 5) is 34.9. The van der Waals surface area contributed by atoms with Gasteiger partial charge in [0.2, 0.25) is 0 Å². The summed E-state index contributed by atoms with van der Waals surface area (Å²) >= 11 is 3.34. The number of carbonyl (C=O) groups excluding carboxylic acids is 2. The molecule has 0 saturated carbocycles. The van der Waals surface area contributed by atoms with Crippen LogP contribution in [0.2, 0.25) is 0 Å². The lowest BCUT2D eigenvalue weighted by Crippen LogP contribution is -2.30. The highest BCUT2D eigenvalue weighted by molar-refractivity contribution is 9.10. The fourth-order valence-corrected chi connectivity index (χ4v) is 2.88. The monoisotopic (exact) mass is 483 g/mol. The number of non-ortho nitro benzene ring substituents is 1. The maximum absolute atomic E-state index is 12.3. The number of nitro groups is 1. The number of ether oxygens (including phenoxy) is 1. The number of hydrogen-bond donors (Lipinski definition) is 2. The molecule has 0 aliphatic heterocycles. The molecule has 0 aromatic heterocycles. The molecule has 0 fully saturated rings. The van der Waals surface area contributed by atoms with E-state index in [9.17, 15) is 19.7 Å². The van der Waals surface area contributed by atoms with Gasteiger partial charge in [0.05, 0.1) is 4.92 Å². The Kier molecular flexibility index (Phi) is 6.99. The molecular weight excluding hydrogens is 466 g/mol. The fraction of sp³-hybridized carbons (Fsp3) is 0.0909. The normalized spacial score (nSPS) is 11.3. The first kappa shape index (κ1) is 22.0. The molecule has 1 atom stereocenters. The van der Waals surface area contributed by atoms with Crippen molar-refractivity contribution in [3.05, 3.63) is 92.9 Å². The number of nitrogens with zero attached hydrogens (tertiary/aromatic N) is 1. The van der Waals surface area contributed by atoms with Crippen LogP contribution in [0, 0.1) is 10.1 Å². The van der Waals surface area contributed by atoms with Crippen LogP contribution in [-0.4, -0.2) is 22.8 Å². The van der Waals surface area contributed by atoms with Gasteiger partial charge in [0, 0.05) is 33.5 Å². The molecule has 0 aliphatic carbocycles. The Morgan fingerprint density at radius 1 is 0.968 bits per heavy atom. The van der Waals surface area contributed by atoms with Gasteiger partial charge in [-0.2, -0.15) is 0 Å². The van der Waals surface area contributed by atoms with E-state index in [1.807, 2.05) is 12.1 Å². The van der Waals surface area contributed by atoms with E-state index in [0.29, 0.717) is 17.1 Å². The maximum Gasteiger partial charge on any atom is 0.270 e. The summed E-state index contributed by atoms with van der Waals surface area (Å²) in [6, 6.07) is 19.1. The quantitative estimate of drug-likeness (QED) is 0.362. The van der Waals surface area contributed by atoms with E-state index in [-0.39, 0.29) is 17.2 Å². The van der Waals surface area contributed by atoms with Crippen molar-refractivity contribution in [2.75, 3.05) is 10.6 Å². The lowest BCUT2D eigenvalue weighted by Gasteiger charge is -2.15. The van der Waals surface area contributed by atoms with E-state index in [1.165, 1.54) is 24.3 Å². The zero-order valence-electron chi connectivity index (χ0n) is 16.4. The molecule has 3 rings (SSSR count). The third-order valence-electron chi connectivity index (χ3n) is 4.23. The van der Waals surface area contributed by atoms with Gasteiger partial charge in [-0.3, -0.25) is 19.7 Å². The lowest BCUT2D eigenvalue weighted by atomic mass is 10.2. The van der Waals surface area contributed by atoms with Crippen LogP contribution in [0.25, 0.3) is 0 Å². The van der Waals surface area contributed by atoms with Gasteiger partial charge in [-0.1, -0.05) is 22.0 Å². The van der Waals surface area contributed by atoms with Gasteiger partial charge in [-0.15, -0.1) is 0 Å². The number of carbonyl (C=O) groups is 2. The van der Waals surface area contributed by atoms with Crippen molar-refractivity contribution in [3.63, 3.8) is 0 Å². The molecule has 0 heterocycles. The number of nitro benzene ring substituents is 1. The van der Waals surface area contributed by atoms with Crippen LogP contribution in [0.15, 0.2) is 77.3 Å². The molecule has 3 aromatic rings. The highest BCUT2D eigenvalue weighted by atomic mass is 79.9. The first-order valence-corrected chi connectivity index (χ1v) is 10.00. The third kappa shape index (κ3) is 6.13. The van der Waals surface area contributed by atoms with Crippen LogP contribution >= 0.6 is 15.9 Å². The Bertz CT molecular complexity index is 1100. The van der Waals surface area contributed by atoms with Crippen molar-refractivity contribution in [1.29, 1.82) is 0 Å². The van der Waals surface area contributed by atoms with Crippen molar-refractivity contribution >= 4 is 44.8 Å². The van der Waals surface area contributed by atoms with Gasteiger partial charge in [-0.25, -0.2) is 0 Å². The Morgan fingerprint density at radius 3 is 2.23 bits per heavy atom. The second kappa shape index (κ2) is 9.86. The number of rotatable bonds is 7. The molecule has 2 N–H and O–H groups in total. The topological polar surface area (TPSA) is 111 Å². The summed E-state index contributed by atoms with van der Waals surface area (Å²) in [5.41, 5.74) is 1.15. The molecule has 0 bridgehead atoms. The van der Waals surface area contributed by atoms with Crippen molar-refractivity contribution in [1.82, 2.24) is 0 Å². The minimum Gasteiger partial charge on any atom is -0.481 e. The van der Waals surface area contributed by atoms with Crippen molar-refractivity contribution in [2.45, 2.75) is 13.0 Å². The number of anilines is 2. The highest BCUT2D eigenvalue weighted by Gasteiger charge is 2.15. The maximum atomic E-state index is 12.3. The van der Waals surface area contributed by atoms with Gasteiger partial charge in [0.1, 0.15) is 5.75 Å². The predicted molar refractivity (Wildman–Crippen MR) is 120 cm³/mol. The first-order valence-electron chi connectivity index (χ1n) is 9.21. The van der Waals surface area contributed by atoms with E-state index < -0.39 is 16.9 Å². The minimum atomic E-state index is -0.742. The number of benzene rings is 3. The molecule has 0 radical (unpaired) electrons. The molecule has 8 nitrogen and oxygen atoms in total. The second-order valence-electron chi connectivity index (χ2n) is 6.54. The molecule has 31 heavy (non-hydrogen) atoms. The predicted octanol–water partition coefficient (Wildman–Crippen LogP) is 5.02. The third-order valence-corrected chi connectivity index (χ3v) is 4.75. The summed E-state index contributed by atoms with van der Waals surface area (Å²) in [7, 11) is 0. The molecule has 0 unspecified atom stereocenters. The summed E-state index contributed by atoms with van der Waals surface area (Å²) in [6.07, 6.45) is -0.742. The van der Waals surface area contributed by atoms with Crippen LogP contribution in [-0.2, 0) is 4.79 Å². The molecule has 9 heteroatoms. The van der Waals surface area contributed by atoms with Gasteiger partial charge in [0.15, 0.2) is 6.10 Å². The fourth-order valence-electron chi connectivity index (χ4n) is 2.62.